The van der Waals surface area contributed by atoms with Gasteiger partial charge in [-0.2, -0.15) is 0 Å². The molecule has 0 bridgehead atoms. The van der Waals surface area contributed by atoms with Crippen molar-refractivity contribution in [2.45, 2.75) is 18.9 Å². The molecule has 104 valence electrons. The summed E-state index contributed by atoms with van der Waals surface area (Å²) in [5.74, 6) is -3.75. The lowest BCUT2D eigenvalue weighted by Crippen LogP contribution is -2.63. The van der Waals surface area contributed by atoms with Gasteiger partial charge in [0.15, 0.2) is 0 Å². The highest BCUT2D eigenvalue weighted by Crippen LogP contribution is 2.39. The molecule has 20 heavy (non-hydrogen) atoms. The van der Waals surface area contributed by atoms with Gasteiger partial charge in [-0.3, -0.25) is 4.98 Å². The predicted octanol–water partition coefficient (Wildman–Crippen LogP) is 2.78. The molecule has 1 aliphatic heterocycles. The summed E-state index contributed by atoms with van der Waals surface area (Å²) in [5, 5.41) is 9.62. The van der Waals surface area contributed by atoms with Crippen molar-refractivity contribution in [3.8, 4) is 0 Å². The number of aromatic nitrogens is 1. The van der Waals surface area contributed by atoms with E-state index >= 15 is 0 Å². The highest BCUT2D eigenvalue weighted by molar-refractivity contribution is 6.03. The quantitative estimate of drug-likeness (QED) is 0.917. The molecule has 0 spiro atoms. The van der Waals surface area contributed by atoms with Gasteiger partial charge in [0, 0.05) is 17.3 Å². The Morgan fingerprint density at radius 3 is 2.80 bits per heavy atom. The van der Waals surface area contributed by atoms with Crippen molar-refractivity contribution in [2.24, 2.45) is 0 Å². The first-order valence-electron chi connectivity index (χ1n) is 6.17. The van der Waals surface area contributed by atoms with Crippen molar-refractivity contribution in [2.75, 3.05) is 11.4 Å². The summed E-state index contributed by atoms with van der Waals surface area (Å²) in [4.78, 5) is 16.8. The van der Waals surface area contributed by atoms with Gasteiger partial charge in [0.2, 0.25) is 0 Å². The molecule has 3 rings (SSSR count). The molecule has 2 aromatic rings. The lowest BCUT2D eigenvalue weighted by Gasteiger charge is -2.47. The average molecular weight is 278 g/mol. The summed E-state index contributed by atoms with van der Waals surface area (Å²) in [6, 6.07) is 5.47. The molecule has 1 fully saturated rings. The average Bonchev–Trinajstić information content (AvgIpc) is 2.43. The largest absolute Gasteiger partial charge is 0.478 e. The summed E-state index contributed by atoms with van der Waals surface area (Å²) in [7, 11) is 0. The molecular formula is C14H12F2N2O2. The lowest BCUT2D eigenvalue weighted by molar-refractivity contribution is -0.0638. The van der Waals surface area contributed by atoms with E-state index in [1.807, 2.05) is 0 Å². The van der Waals surface area contributed by atoms with E-state index in [4.69, 9.17) is 5.11 Å². The summed E-state index contributed by atoms with van der Waals surface area (Å²) in [5.41, 5.74) is 1.25. The lowest BCUT2D eigenvalue weighted by atomic mass is 9.98. The van der Waals surface area contributed by atoms with E-state index in [-0.39, 0.29) is 12.1 Å². The van der Waals surface area contributed by atoms with Crippen LogP contribution in [0.1, 0.15) is 17.3 Å². The number of fused-ring (bicyclic) bond motifs is 1. The van der Waals surface area contributed by atoms with Crippen molar-refractivity contribution < 1.29 is 18.7 Å². The van der Waals surface area contributed by atoms with E-state index in [1.54, 1.807) is 23.1 Å². The number of alkyl halides is 2. The molecule has 0 radical (unpaired) electrons. The summed E-state index contributed by atoms with van der Waals surface area (Å²) in [6.07, 6.45) is 1.42. The van der Waals surface area contributed by atoms with E-state index in [1.165, 1.54) is 19.2 Å². The van der Waals surface area contributed by atoms with Gasteiger partial charge in [-0.15, -0.1) is 0 Å². The van der Waals surface area contributed by atoms with E-state index < -0.39 is 17.9 Å². The predicted molar refractivity (Wildman–Crippen MR) is 70.5 cm³/mol. The number of benzene rings is 1. The van der Waals surface area contributed by atoms with Crippen LogP contribution in [0.3, 0.4) is 0 Å². The van der Waals surface area contributed by atoms with Crippen molar-refractivity contribution in [3.05, 3.63) is 36.0 Å². The third-order valence-electron chi connectivity index (χ3n) is 3.75. The smallest absolute Gasteiger partial charge is 0.336 e. The molecule has 6 heteroatoms. The Kier molecular flexibility index (Phi) is 2.64. The van der Waals surface area contributed by atoms with Gasteiger partial charge in [0.25, 0.3) is 5.92 Å². The minimum Gasteiger partial charge on any atom is -0.478 e. The molecule has 1 N–H and O–H groups in total. The number of rotatable bonds is 2. The Balaban J connectivity index is 2.07. The summed E-state index contributed by atoms with van der Waals surface area (Å²) >= 11 is 0. The van der Waals surface area contributed by atoms with E-state index in [2.05, 4.69) is 4.98 Å². The van der Waals surface area contributed by atoms with Gasteiger partial charge in [-0.1, -0.05) is 0 Å². The van der Waals surface area contributed by atoms with Gasteiger partial charge in [-0.25, -0.2) is 13.6 Å². The number of hydrogen-bond acceptors (Lipinski definition) is 3. The number of carbonyl (C=O) groups is 1. The van der Waals surface area contributed by atoms with Crippen LogP contribution in [-0.2, 0) is 0 Å². The van der Waals surface area contributed by atoms with Crippen molar-refractivity contribution in [3.63, 3.8) is 0 Å². The van der Waals surface area contributed by atoms with Crippen LogP contribution in [0.4, 0.5) is 14.5 Å². The van der Waals surface area contributed by atoms with Crippen LogP contribution in [-0.4, -0.2) is 34.6 Å². The normalized spacial score (nSPS) is 20.8. The second-order valence-corrected chi connectivity index (χ2v) is 4.93. The molecule has 1 aromatic carbocycles. The maximum atomic E-state index is 13.2. The Labute approximate surface area is 113 Å². The Morgan fingerprint density at radius 2 is 2.20 bits per heavy atom. The Morgan fingerprint density at radius 1 is 1.45 bits per heavy atom. The maximum Gasteiger partial charge on any atom is 0.336 e. The SMILES string of the molecule is C[C@H]1N(c2ccc3nccc(C(=O)O)c3c2)CC1(F)F. The monoisotopic (exact) mass is 278 g/mol. The number of aromatic carboxylic acids is 1. The highest BCUT2D eigenvalue weighted by Gasteiger charge is 2.51. The molecule has 0 amide bonds. The Bertz CT molecular complexity index is 703. The fourth-order valence-electron chi connectivity index (χ4n) is 2.43. The third kappa shape index (κ3) is 1.79. The highest BCUT2D eigenvalue weighted by atomic mass is 19.3. The van der Waals surface area contributed by atoms with Crippen LogP contribution in [0.5, 0.6) is 0 Å². The van der Waals surface area contributed by atoms with Crippen LogP contribution < -0.4 is 4.90 Å². The molecule has 1 atom stereocenters. The van der Waals surface area contributed by atoms with Gasteiger partial charge in [0.05, 0.1) is 23.7 Å². The first kappa shape index (κ1) is 12.8. The fourth-order valence-corrected chi connectivity index (χ4v) is 2.43. The van der Waals surface area contributed by atoms with Crippen LogP contribution >= 0.6 is 0 Å². The van der Waals surface area contributed by atoms with Crippen molar-refractivity contribution >= 4 is 22.6 Å². The molecule has 1 aromatic heterocycles. The molecule has 1 saturated heterocycles. The van der Waals surface area contributed by atoms with Crippen molar-refractivity contribution in [1.82, 2.24) is 4.98 Å². The standard InChI is InChI=1S/C14H12F2N2O2/c1-8-14(15,16)7-18(8)9-2-3-12-11(6-9)10(13(19)20)4-5-17-12/h2-6,8H,7H2,1H3,(H,19,20)/t8-/m1/s1. The van der Waals surface area contributed by atoms with Crippen LogP contribution in [0.15, 0.2) is 30.5 Å². The minimum atomic E-state index is -2.69. The third-order valence-corrected chi connectivity index (χ3v) is 3.75. The second-order valence-electron chi connectivity index (χ2n) is 4.93. The molecule has 4 nitrogen and oxygen atoms in total. The first-order chi connectivity index (χ1) is 9.40. The second kappa shape index (κ2) is 4.13. The summed E-state index contributed by atoms with van der Waals surface area (Å²) < 4.78 is 26.5. The van der Waals surface area contributed by atoms with Gasteiger partial charge in [0.1, 0.15) is 0 Å². The summed E-state index contributed by atoms with van der Waals surface area (Å²) in [6.45, 7) is 1.11. The number of nitrogens with zero attached hydrogens (tertiary/aromatic N) is 2. The minimum absolute atomic E-state index is 0.122. The molecular weight excluding hydrogens is 266 g/mol. The Hall–Kier alpha value is -2.24. The van der Waals surface area contributed by atoms with Gasteiger partial charge < -0.3 is 10.0 Å². The number of pyridine rings is 1. The zero-order chi connectivity index (χ0) is 14.5. The topological polar surface area (TPSA) is 53.4 Å². The number of anilines is 1. The van der Waals surface area contributed by atoms with Gasteiger partial charge >= 0.3 is 5.97 Å². The molecule has 0 aliphatic carbocycles. The molecule has 2 heterocycles. The van der Waals surface area contributed by atoms with E-state index in [9.17, 15) is 13.6 Å². The molecule has 0 saturated carbocycles. The van der Waals surface area contributed by atoms with Crippen LogP contribution in [0, 0.1) is 0 Å². The molecule has 1 aliphatic rings. The van der Waals surface area contributed by atoms with Gasteiger partial charge in [-0.05, 0) is 31.2 Å². The number of hydrogen-bond donors (Lipinski definition) is 1. The fraction of sp³-hybridized carbons (Fsp3) is 0.286. The van der Waals surface area contributed by atoms with Crippen LogP contribution in [0.25, 0.3) is 10.9 Å². The number of halogens is 2. The first-order valence-corrected chi connectivity index (χ1v) is 6.17. The molecule has 0 unspecified atom stereocenters. The zero-order valence-corrected chi connectivity index (χ0v) is 10.7. The number of carboxylic acid groups (broad SMARTS) is 1. The van der Waals surface area contributed by atoms with Crippen molar-refractivity contribution in [1.29, 1.82) is 0 Å². The van der Waals surface area contributed by atoms with E-state index in [0.717, 1.165) is 0 Å². The number of carboxylic acids is 1. The van der Waals surface area contributed by atoms with E-state index in [0.29, 0.717) is 16.6 Å². The zero-order valence-electron chi connectivity index (χ0n) is 10.7. The maximum absolute atomic E-state index is 13.2. The van der Waals surface area contributed by atoms with Crippen LogP contribution in [0.2, 0.25) is 0 Å².